The first-order valence-electron chi connectivity index (χ1n) is 15.7. The number of hydrogen-bond acceptors (Lipinski definition) is 11. The molecule has 1 N–H and O–H groups in total. The second kappa shape index (κ2) is 16.7. The molecule has 48 heavy (non-hydrogen) atoms. The molecule has 0 amide bonds. The molecule has 5 atom stereocenters. The molecular formula is C37H47NO10. The number of methoxy groups -OCH3 is 1. The van der Waals surface area contributed by atoms with Gasteiger partial charge in [0.2, 0.25) is 0 Å². The standard InChI is InChI=1S/C36H43NO10.CH4/c1-6-35(3,33(41)43-5)21-36(4,34(42)45-20-27-19-44-27)17-26(32(40)46-22-38)15-23(2)31(39)47-37-18-30-28-13-9-7-11-24(28)16-25-12-8-10-14-29(25)30;/h7-14,16,18,23,26-27,38H,6,15,17,19-22H2,1-5H3;1H4/b37-18+;. The van der Waals surface area contributed by atoms with E-state index in [1.54, 1.807) is 27.7 Å². The number of hydrogen-bond donors (Lipinski definition) is 1. The number of oxime groups is 1. The Balaban J connectivity index is 0.00000625. The predicted octanol–water partition coefficient (Wildman–Crippen LogP) is 5.96. The minimum Gasteiger partial charge on any atom is -0.469 e. The Bertz CT molecular complexity index is 1580. The van der Waals surface area contributed by atoms with Crippen molar-refractivity contribution in [1.82, 2.24) is 0 Å². The van der Waals surface area contributed by atoms with E-state index in [1.165, 1.54) is 13.3 Å². The third-order valence-corrected chi connectivity index (χ3v) is 8.95. The topological polar surface area (TPSA) is 150 Å². The highest BCUT2D eigenvalue weighted by molar-refractivity contribution is 6.13. The van der Waals surface area contributed by atoms with Crippen molar-refractivity contribution in [2.45, 2.75) is 66.9 Å². The van der Waals surface area contributed by atoms with Crippen LogP contribution in [-0.2, 0) is 43.0 Å². The summed E-state index contributed by atoms with van der Waals surface area (Å²) >= 11 is 0. The maximum absolute atomic E-state index is 13.6. The van der Waals surface area contributed by atoms with Gasteiger partial charge in [-0.2, -0.15) is 0 Å². The predicted molar refractivity (Wildman–Crippen MR) is 181 cm³/mol. The molecule has 1 heterocycles. The number of aliphatic hydroxyl groups excluding tert-OH is 1. The van der Waals surface area contributed by atoms with Crippen LogP contribution in [-0.4, -0.2) is 68.4 Å². The zero-order valence-electron chi connectivity index (χ0n) is 27.5. The first-order chi connectivity index (χ1) is 22.4. The average molecular weight is 666 g/mol. The van der Waals surface area contributed by atoms with E-state index < -0.39 is 53.3 Å². The Morgan fingerprint density at radius 3 is 2.12 bits per heavy atom. The third kappa shape index (κ3) is 9.17. The molecule has 11 nitrogen and oxygen atoms in total. The monoisotopic (exact) mass is 665 g/mol. The summed E-state index contributed by atoms with van der Waals surface area (Å²) in [6, 6.07) is 17.7. The Hall–Kier alpha value is -4.35. The van der Waals surface area contributed by atoms with Gasteiger partial charge in [-0.1, -0.05) is 75.0 Å². The van der Waals surface area contributed by atoms with Crippen LogP contribution < -0.4 is 0 Å². The minimum absolute atomic E-state index is 0. The van der Waals surface area contributed by atoms with Gasteiger partial charge in [0, 0.05) is 5.56 Å². The van der Waals surface area contributed by atoms with Gasteiger partial charge in [-0.25, -0.2) is 4.79 Å². The van der Waals surface area contributed by atoms with Crippen LogP contribution in [0.5, 0.6) is 0 Å². The van der Waals surface area contributed by atoms with Crippen molar-refractivity contribution in [2.24, 2.45) is 27.8 Å². The molecular weight excluding hydrogens is 618 g/mol. The van der Waals surface area contributed by atoms with E-state index in [0.717, 1.165) is 27.1 Å². The van der Waals surface area contributed by atoms with Crippen LogP contribution in [0.15, 0.2) is 59.8 Å². The van der Waals surface area contributed by atoms with Gasteiger partial charge in [0.05, 0.1) is 42.6 Å². The van der Waals surface area contributed by atoms with Gasteiger partial charge < -0.3 is 28.9 Å². The van der Waals surface area contributed by atoms with Crippen molar-refractivity contribution < 1.29 is 48.1 Å². The number of esters is 3. The maximum Gasteiger partial charge on any atom is 0.337 e. The van der Waals surface area contributed by atoms with E-state index in [4.69, 9.17) is 23.8 Å². The third-order valence-electron chi connectivity index (χ3n) is 8.95. The Kier molecular flexibility index (Phi) is 13.2. The summed E-state index contributed by atoms with van der Waals surface area (Å²) in [6.45, 7) is 6.31. The van der Waals surface area contributed by atoms with Crippen LogP contribution >= 0.6 is 0 Å². The van der Waals surface area contributed by atoms with Gasteiger partial charge in [-0.3, -0.25) is 14.4 Å². The fourth-order valence-electron chi connectivity index (χ4n) is 6.10. The molecule has 3 aromatic rings. The Morgan fingerprint density at radius 1 is 0.979 bits per heavy atom. The summed E-state index contributed by atoms with van der Waals surface area (Å²) < 4.78 is 20.7. The highest BCUT2D eigenvalue weighted by Crippen LogP contribution is 2.44. The summed E-state index contributed by atoms with van der Waals surface area (Å²) in [7, 11) is 1.27. The lowest BCUT2D eigenvalue weighted by atomic mass is 9.67. The van der Waals surface area contributed by atoms with Crippen LogP contribution in [0.25, 0.3) is 21.5 Å². The van der Waals surface area contributed by atoms with Gasteiger partial charge in [0.1, 0.15) is 12.7 Å². The van der Waals surface area contributed by atoms with Crippen LogP contribution in [0.4, 0.5) is 0 Å². The van der Waals surface area contributed by atoms with E-state index in [9.17, 15) is 24.3 Å². The first-order valence-corrected chi connectivity index (χ1v) is 15.7. The van der Waals surface area contributed by atoms with Crippen LogP contribution in [0.1, 0.15) is 66.4 Å². The quantitative estimate of drug-likeness (QED) is 0.0284. The zero-order valence-corrected chi connectivity index (χ0v) is 27.5. The average Bonchev–Trinajstić information content (AvgIpc) is 3.90. The van der Waals surface area contributed by atoms with Gasteiger partial charge in [-0.15, -0.1) is 0 Å². The lowest BCUT2D eigenvalue weighted by Crippen LogP contribution is -2.42. The summed E-state index contributed by atoms with van der Waals surface area (Å²) in [5.74, 6) is -4.53. The van der Waals surface area contributed by atoms with Gasteiger partial charge in [0.25, 0.3) is 0 Å². The van der Waals surface area contributed by atoms with E-state index in [0.29, 0.717) is 13.0 Å². The van der Waals surface area contributed by atoms with E-state index in [2.05, 4.69) is 11.2 Å². The number of carbonyl (C=O) groups is 4. The Morgan fingerprint density at radius 2 is 1.58 bits per heavy atom. The SMILES string of the molecule is C.CCC(C)(CC(C)(CC(CC(C)C(=O)O/N=C/c1c2ccccc2cc2ccccc12)C(=O)OCO)C(=O)OCC1CO1)C(=O)OC. The van der Waals surface area contributed by atoms with E-state index in [-0.39, 0.29) is 39.4 Å². The molecule has 0 radical (unpaired) electrons. The first kappa shape index (κ1) is 38.1. The van der Waals surface area contributed by atoms with Gasteiger partial charge >= 0.3 is 23.9 Å². The molecule has 0 bridgehead atoms. The normalized spacial score (nSPS) is 17.8. The number of fused-ring (bicyclic) bond motifs is 2. The fraction of sp³-hybridized carbons (Fsp3) is 0.486. The minimum atomic E-state index is -1.37. The molecule has 0 aliphatic carbocycles. The molecule has 0 saturated carbocycles. The Labute approximate surface area is 281 Å². The van der Waals surface area contributed by atoms with Crippen LogP contribution in [0, 0.1) is 22.7 Å². The number of benzene rings is 3. The second-order valence-electron chi connectivity index (χ2n) is 12.7. The molecule has 0 aromatic heterocycles. The highest BCUT2D eigenvalue weighted by Gasteiger charge is 2.48. The number of aliphatic hydroxyl groups is 1. The largest absolute Gasteiger partial charge is 0.469 e. The van der Waals surface area contributed by atoms with Crippen molar-refractivity contribution in [3.63, 3.8) is 0 Å². The maximum atomic E-state index is 13.6. The lowest BCUT2D eigenvalue weighted by Gasteiger charge is -2.37. The highest BCUT2D eigenvalue weighted by atomic mass is 16.7. The number of carbonyl (C=O) groups excluding carboxylic acids is 4. The molecule has 11 heteroatoms. The summed E-state index contributed by atoms with van der Waals surface area (Å²) in [5, 5.41) is 17.3. The number of epoxide rings is 1. The van der Waals surface area contributed by atoms with Crippen molar-refractivity contribution >= 4 is 51.6 Å². The molecule has 3 aromatic carbocycles. The van der Waals surface area contributed by atoms with E-state index >= 15 is 0 Å². The molecule has 260 valence electrons. The van der Waals surface area contributed by atoms with Gasteiger partial charge in [0.15, 0.2) is 6.79 Å². The van der Waals surface area contributed by atoms with Crippen molar-refractivity contribution in [2.75, 3.05) is 27.1 Å². The van der Waals surface area contributed by atoms with Crippen molar-refractivity contribution in [3.05, 3.63) is 60.2 Å². The molecule has 0 spiro atoms. The molecule has 1 fully saturated rings. The fourth-order valence-corrected chi connectivity index (χ4v) is 6.10. The van der Waals surface area contributed by atoms with Crippen LogP contribution in [0.2, 0.25) is 0 Å². The van der Waals surface area contributed by atoms with Crippen LogP contribution in [0.3, 0.4) is 0 Å². The zero-order chi connectivity index (χ0) is 34.2. The van der Waals surface area contributed by atoms with Gasteiger partial charge in [-0.05, 0) is 67.1 Å². The summed E-state index contributed by atoms with van der Waals surface area (Å²) in [5.41, 5.74) is -1.65. The summed E-state index contributed by atoms with van der Waals surface area (Å²) in [4.78, 5) is 57.9. The number of ether oxygens (including phenoxy) is 4. The van der Waals surface area contributed by atoms with Crippen molar-refractivity contribution in [1.29, 1.82) is 0 Å². The lowest BCUT2D eigenvalue weighted by molar-refractivity contribution is -0.167. The van der Waals surface area contributed by atoms with E-state index in [1.807, 2.05) is 48.5 Å². The second-order valence-corrected chi connectivity index (χ2v) is 12.7. The summed E-state index contributed by atoms with van der Waals surface area (Å²) in [6.07, 6.45) is 1.44. The smallest absolute Gasteiger partial charge is 0.337 e. The molecule has 5 unspecified atom stereocenters. The molecule has 1 aliphatic heterocycles. The number of nitrogens with zero attached hydrogens (tertiary/aromatic N) is 1. The molecule has 1 aliphatic rings. The molecule has 4 rings (SSSR count). The van der Waals surface area contributed by atoms with Crippen molar-refractivity contribution in [3.8, 4) is 0 Å². The number of rotatable bonds is 16. The molecule has 1 saturated heterocycles.